The van der Waals surface area contributed by atoms with Crippen LogP contribution in [-0.4, -0.2) is 61.6 Å². The number of piperidine rings is 1. The summed E-state index contributed by atoms with van der Waals surface area (Å²) in [6.07, 6.45) is 2.52. The van der Waals surface area contributed by atoms with Crippen LogP contribution in [0, 0.1) is 11.7 Å². The fraction of sp³-hybridized carbons (Fsp3) is 0.611. The number of methoxy groups -OCH3 is 1. The molecule has 0 aliphatic carbocycles. The molecular formula is C18H25FN2O2. The van der Waals surface area contributed by atoms with Gasteiger partial charge in [-0.25, -0.2) is 4.39 Å². The van der Waals surface area contributed by atoms with Gasteiger partial charge in [0.15, 0.2) is 0 Å². The van der Waals surface area contributed by atoms with E-state index in [1.807, 2.05) is 4.90 Å². The predicted molar refractivity (Wildman–Crippen MR) is 86.6 cm³/mol. The number of hydrogen-bond acceptors (Lipinski definition) is 3. The summed E-state index contributed by atoms with van der Waals surface area (Å²) in [6, 6.07) is 6.30. The van der Waals surface area contributed by atoms with Crippen molar-refractivity contribution in [1.29, 1.82) is 0 Å². The van der Waals surface area contributed by atoms with Crippen LogP contribution in [0.2, 0.25) is 0 Å². The molecule has 2 aliphatic rings. The Morgan fingerprint density at radius 1 is 1.43 bits per heavy atom. The molecule has 2 fully saturated rings. The minimum atomic E-state index is -0.287. The summed E-state index contributed by atoms with van der Waals surface area (Å²) in [5.74, 6) is 0.380. The van der Waals surface area contributed by atoms with E-state index in [0.29, 0.717) is 5.92 Å². The lowest BCUT2D eigenvalue weighted by Crippen LogP contribution is -2.72. The van der Waals surface area contributed by atoms with Crippen molar-refractivity contribution >= 4 is 5.91 Å². The van der Waals surface area contributed by atoms with Gasteiger partial charge in [-0.05, 0) is 50.0 Å². The van der Waals surface area contributed by atoms with Crippen molar-refractivity contribution in [2.45, 2.75) is 24.8 Å². The maximum atomic E-state index is 13.2. The fourth-order valence-electron chi connectivity index (χ4n) is 3.93. The van der Waals surface area contributed by atoms with Crippen molar-refractivity contribution in [3.8, 4) is 0 Å². The quantitative estimate of drug-likeness (QED) is 0.850. The molecule has 0 aromatic heterocycles. The molecule has 0 N–H and O–H groups in total. The number of carbonyl (C=O) groups excluding carboxylic acids is 1. The Balaban J connectivity index is 1.57. The second-order valence-corrected chi connectivity index (χ2v) is 7.02. The molecule has 23 heavy (non-hydrogen) atoms. The van der Waals surface area contributed by atoms with Crippen LogP contribution in [0.4, 0.5) is 4.39 Å². The second-order valence-electron chi connectivity index (χ2n) is 7.02. The van der Waals surface area contributed by atoms with Gasteiger partial charge in [0.1, 0.15) is 5.82 Å². The summed E-state index contributed by atoms with van der Waals surface area (Å²) in [6.45, 7) is 3.41. The Bertz CT molecular complexity index is 572. The molecule has 2 heterocycles. The third-order valence-corrected chi connectivity index (χ3v) is 5.32. The van der Waals surface area contributed by atoms with Gasteiger partial charge in [0.05, 0.1) is 12.0 Å². The third kappa shape index (κ3) is 3.40. The van der Waals surface area contributed by atoms with Crippen molar-refractivity contribution in [3.05, 3.63) is 35.6 Å². The van der Waals surface area contributed by atoms with Crippen molar-refractivity contribution in [2.24, 2.45) is 5.92 Å². The van der Waals surface area contributed by atoms with Crippen molar-refractivity contribution in [2.75, 3.05) is 40.4 Å². The number of hydrogen-bond donors (Lipinski definition) is 0. The summed E-state index contributed by atoms with van der Waals surface area (Å²) in [5.41, 5.74) is 0.851. The van der Waals surface area contributed by atoms with Crippen LogP contribution >= 0.6 is 0 Å². The zero-order valence-corrected chi connectivity index (χ0v) is 13.9. The minimum absolute atomic E-state index is 0.0866. The Hall–Kier alpha value is -1.46. The van der Waals surface area contributed by atoms with Crippen LogP contribution < -0.4 is 0 Å². The van der Waals surface area contributed by atoms with Gasteiger partial charge in [-0.2, -0.15) is 0 Å². The summed E-state index contributed by atoms with van der Waals surface area (Å²) >= 11 is 0. The van der Waals surface area contributed by atoms with Gasteiger partial charge < -0.3 is 9.64 Å². The van der Waals surface area contributed by atoms with Crippen LogP contribution in [0.3, 0.4) is 0 Å². The van der Waals surface area contributed by atoms with Gasteiger partial charge in [-0.1, -0.05) is 12.1 Å². The molecule has 5 heteroatoms. The highest BCUT2D eigenvalue weighted by Gasteiger charge is 2.50. The summed E-state index contributed by atoms with van der Waals surface area (Å²) < 4.78 is 18.5. The molecule has 1 amide bonds. The van der Waals surface area contributed by atoms with E-state index in [1.165, 1.54) is 12.1 Å². The molecule has 2 saturated heterocycles. The first-order valence-electron chi connectivity index (χ1n) is 8.25. The molecule has 1 spiro atoms. The molecule has 3 rings (SSSR count). The van der Waals surface area contributed by atoms with E-state index in [4.69, 9.17) is 4.74 Å². The zero-order chi connectivity index (χ0) is 16.4. The normalized spacial score (nSPS) is 23.8. The number of carbonyl (C=O) groups is 1. The highest BCUT2D eigenvalue weighted by atomic mass is 19.1. The topological polar surface area (TPSA) is 32.8 Å². The molecule has 0 saturated carbocycles. The number of rotatable bonds is 4. The Kier molecular flexibility index (Phi) is 4.69. The predicted octanol–water partition coefficient (Wildman–Crippen LogP) is 1.94. The number of ether oxygens (including phenoxy) is 1. The molecule has 1 aromatic rings. The third-order valence-electron chi connectivity index (χ3n) is 5.32. The van der Waals surface area contributed by atoms with Gasteiger partial charge in [0.25, 0.3) is 0 Å². The molecule has 4 nitrogen and oxygen atoms in total. The van der Waals surface area contributed by atoms with Gasteiger partial charge in [-0.3, -0.25) is 9.69 Å². The van der Waals surface area contributed by atoms with Crippen LogP contribution in [0.5, 0.6) is 0 Å². The smallest absolute Gasteiger partial charge is 0.227 e. The van der Waals surface area contributed by atoms with E-state index in [9.17, 15) is 9.18 Å². The number of amides is 1. The Morgan fingerprint density at radius 3 is 2.91 bits per heavy atom. The average Bonchev–Trinajstić information content (AvgIpc) is 2.47. The van der Waals surface area contributed by atoms with E-state index < -0.39 is 0 Å². The fourth-order valence-corrected chi connectivity index (χ4v) is 3.93. The van der Waals surface area contributed by atoms with E-state index in [2.05, 4.69) is 11.9 Å². The average molecular weight is 320 g/mol. The molecule has 2 aliphatic heterocycles. The molecule has 0 radical (unpaired) electrons. The molecule has 0 bridgehead atoms. The summed E-state index contributed by atoms with van der Waals surface area (Å²) in [7, 11) is 3.90. The van der Waals surface area contributed by atoms with E-state index >= 15 is 0 Å². The SMILES string of the molecule is COC[C@@H]1CCN(C)C2(C1)CN(C(=O)Cc1cccc(F)c1)C2. The lowest BCUT2D eigenvalue weighted by atomic mass is 9.75. The highest BCUT2D eigenvalue weighted by molar-refractivity contribution is 5.80. The van der Waals surface area contributed by atoms with Crippen molar-refractivity contribution in [1.82, 2.24) is 9.80 Å². The maximum absolute atomic E-state index is 13.2. The monoisotopic (exact) mass is 320 g/mol. The molecule has 0 unspecified atom stereocenters. The molecule has 1 aromatic carbocycles. The van der Waals surface area contributed by atoms with Crippen molar-refractivity contribution in [3.63, 3.8) is 0 Å². The number of likely N-dealkylation sites (tertiary alicyclic amines) is 2. The first-order valence-corrected chi connectivity index (χ1v) is 8.25. The van der Waals surface area contributed by atoms with E-state index in [0.717, 1.165) is 44.6 Å². The van der Waals surface area contributed by atoms with Crippen molar-refractivity contribution < 1.29 is 13.9 Å². The number of halogens is 1. The van der Waals surface area contributed by atoms with Crippen LogP contribution in [0.15, 0.2) is 24.3 Å². The zero-order valence-electron chi connectivity index (χ0n) is 13.9. The highest BCUT2D eigenvalue weighted by Crippen LogP contribution is 2.38. The molecular weight excluding hydrogens is 295 g/mol. The van der Waals surface area contributed by atoms with Gasteiger partial charge >= 0.3 is 0 Å². The van der Waals surface area contributed by atoms with E-state index in [-0.39, 0.29) is 23.7 Å². The lowest BCUT2D eigenvalue weighted by molar-refractivity contribution is -0.150. The molecule has 1 atom stereocenters. The van der Waals surface area contributed by atoms with Crippen LogP contribution in [0.25, 0.3) is 0 Å². The minimum Gasteiger partial charge on any atom is -0.384 e. The van der Waals surface area contributed by atoms with Gasteiger partial charge in [0.2, 0.25) is 5.91 Å². The first kappa shape index (κ1) is 16.4. The standard InChI is InChI=1S/C18H25FN2O2/c1-20-7-6-15(11-23-2)10-18(20)12-21(13-18)17(22)9-14-4-3-5-16(19)8-14/h3-5,8,15H,6-7,9-13H2,1-2H3/t15-/m1/s1. The number of likely N-dealkylation sites (N-methyl/N-ethyl adjacent to an activating group) is 1. The van der Waals surface area contributed by atoms with Gasteiger partial charge in [0, 0.05) is 26.8 Å². The molecule has 126 valence electrons. The summed E-state index contributed by atoms with van der Waals surface area (Å²) in [4.78, 5) is 16.7. The Labute approximate surface area is 137 Å². The largest absolute Gasteiger partial charge is 0.384 e. The Morgan fingerprint density at radius 2 is 2.22 bits per heavy atom. The summed E-state index contributed by atoms with van der Waals surface area (Å²) in [5, 5.41) is 0. The first-order chi connectivity index (χ1) is 11.0. The number of benzene rings is 1. The van der Waals surface area contributed by atoms with Crippen LogP contribution in [-0.2, 0) is 16.0 Å². The lowest BCUT2D eigenvalue weighted by Gasteiger charge is -2.58. The second kappa shape index (κ2) is 6.57. The number of nitrogens with zero attached hydrogens (tertiary/aromatic N) is 2. The van der Waals surface area contributed by atoms with E-state index in [1.54, 1.807) is 19.2 Å². The van der Waals surface area contributed by atoms with Gasteiger partial charge in [-0.15, -0.1) is 0 Å². The van der Waals surface area contributed by atoms with Crippen LogP contribution in [0.1, 0.15) is 18.4 Å². The maximum Gasteiger partial charge on any atom is 0.227 e.